The molecule has 0 bridgehead atoms. The minimum absolute atomic E-state index is 0.155. The fraction of sp³-hybridized carbons (Fsp3) is 0.235. The normalized spacial score (nSPS) is 16.7. The molecule has 0 spiro atoms. The van der Waals surface area contributed by atoms with Crippen LogP contribution in [0.3, 0.4) is 0 Å². The van der Waals surface area contributed by atoms with Crippen LogP contribution in [0.2, 0.25) is 0 Å². The number of nitrogens with zero attached hydrogens (tertiary/aromatic N) is 2. The highest BCUT2D eigenvalue weighted by Gasteiger charge is 2.35. The van der Waals surface area contributed by atoms with E-state index in [0.29, 0.717) is 22.9 Å². The molecule has 2 amide bonds. The number of benzene rings is 1. The summed E-state index contributed by atoms with van der Waals surface area (Å²) in [5.74, 6) is 1.46. The summed E-state index contributed by atoms with van der Waals surface area (Å²) in [6, 6.07) is 9.92. The molecule has 0 unspecified atom stereocenters. The van der Waals surface area contributed by atoms with E-state index in [-0.39, 0.29) is 11.8 Å². The molecule has 1 aliphatic heterocycles. The number of pyridine rings is 1. The van der Waals surface area contributed by atoms with Gasteiger partial charge in [-0.25, -0.2) is 0 Å². The van der Waals surface area contributed by atoms with E-state index in [2.05, 4.69) is 10.3 Å². The number of anilines is 1. The van der Waals surface area contributed by atoms with Gasteiger partial charge >= 0.3 is 0 Å². The molecule has 24 heavy (non-hydrogen) atoms. The zero-order valence-electron chi connectivity index (χ0n) is 13.1. The molecule has 1 saturated heterocycles. The molecule has 7 heteroatoms. The summed E-state index contributed by atoms with van der Waals surface area (Å²) in [5.41, 5.74) is 1.21. The Morgan fingerprint density at radius 1 is 1.21 bits per heavy atom. The van der Waals surface area contributed by atoms with E-state index < -0.39 is 6.04 Å². The maximum atomic E-state index is 12.6. The standard InChI is InChI=1S/C17H17N3O3S/c1-23-14-4-2-13(3-5-14)19-16(21)15-10-24-11-20(15)17(22)12-6-8-18-9-7-12/h2-9,15H,10-11H2,1H3,(H,19,21)/t15-/m0/s1. The van der Waals surface area contributed by atoms with Gasteiger partial charge in [0.1, 0.15) is 11.8 Å². The second-order valence-corrected chi connectivity index (χ2v) is 6.24. The van der Waals surface area contributed by atoms with Crippen molar-refractivity contribution >= 4 is 29.3 Å². The predicted octanol–water partition coefficient (Wildman–Crippen LogP) is 2.24. The Bertz CT molecular complexity index is 722. The van der Waals surface area contributed by atoms with Crippen molar-refractivity contribution in [1.29, 1.82) is 0 Å². The van der Waals surface area contributed by atoms with Gasteiger partial charge in [0.2, 0.25) is 5.91 Å². The van der Waals surface area contributed by atoms with Crippen molar-refractivity contribution in [3.05, 3.63) is 54.4 Å². The lowest BCUT2D eigenvalue weighted by molar-refractivity contribution is -0.119. The van der Waals surface area contributed by atoms with E-state index in [1.807, 2.05) is 0 Å². The highest BCUT2D eigenvalue weighted by molar-refractivity contribution is 7.99. The maximum absolute atomic E-state index is 12.6. The smallest absolute Gasteiger partial charge is 0.255 e. The lowest BCUT2D eigenvalue weighted by Gasteiger charge is -2.23. The summed E-state index contributed by atoms with van der Waals surface area (Å²) in [4.78, 5) is 30.6. The predicted molar refractivity (Wildman–Crippen MR) is 93.1 cm³/mol. The summed E-state index contributed by atoms with van der Waals surface area (Å²) < 4.78 is 5.10. The number of methoxy groups -OCH3 is 1. The monoisotopic (exact) mass is 343 g/mol. The minimum Gasteiger partial charge on any atom is -0.497 e. The highest BCUT2D eigenvalue weighted by atomic mass is 32.2. The van der Waals surface area contributed by atoms with Crippen molar-refractivity contribution in [3.8, 4) is 5.75 Å². The van der Waals surface area contributed by atoms with Crippen molar-refractivity contribution in [2.75, 3.05) is 24.1 Å². The molecule has 1 N–H and O–H groups in total. The van der Waals surface area contributed by atoms with Crippen molar-refractivity contribution in [2.45, 2.75) is 6.04 Å². The Balaban J connectivity index is 1.70. The largest absolute Gasteiger partial charge is 0.497 e. The first-order valence-corrected chi connectivity index (χ1v) is 8.58. The quantitative estimate of drug-likeness (QED) is 0.922. The number of rotatable bonds is 4. The van der Waals surface area contributed by atoms with Crippen LogP contribution in [-0.2, 0) is 4.79 Å². The first kappa shape index (κ1) is 16.3. The Morgan fingerprint density at radius 2 is 1.92 bits per heavy atom. The molecule has 1 aliphatic rings. The van der Waals surface area contributed by atoms with Crippen LogP contribution in [0, 0.1) is 0 Å². The number of ether oxygens (including phenoxy) is 1. The molecule has 0 aliphatic carbocycles. The van der Waals surface area contributed by atoms with Gasteiger partial charge in [-0.15, -0.1) is 11.8 Å². The number of carbonyl (C=O) groups excluding carboxylic acids is 2. The molecule has 0 saturated carbocycles. The lowest BCUT2D eigenvalue weighted by atomic mass is 10.2. The van der Waals surface area contributed by atoms with E-state index in [0.717, 1.165) is 5.75 Å². The third-order valence-corrected chi connectivity index (χ3v) is 4.74. The summed E-state index contributed by atoms with van der Waals surface area (Å²) in [7, 11) is 1.59. The van der Waals surface area contributed by atoms with Gasteiger partial charge in [-0.05, 0) is 36.4 Å². The number of hydrogen-bond acceptors (Lipinski definition) is 5. The van der Waals surface area contributed by atoms with Crippen molar-refractivity contribution in [1.82, 2.24) is 9.88 Å². The Labute approximate surface area is 144 Å². The van der Waals surface area contributed by atoms with Crippen LogP contribution in [0.25, 0.3) is 0 Å². The molecule has 1 aromatic carbocycles. The number of thioether (sulfide) groups is 1. The first-order valence-electron chi connectivity index (χ1n) is 7.42. The third-order valence-electron chi connectivity index (χ3n) is 3.73. The van der Waals surface area contributed by atoms with Crippen LogP contribution in [0.15, 0.2) is 48.8 Å². The van der Waals surface area contributed by atoms with E-state index in [4.69, 9.17) is 4.74 Å². The zero-order chi connectivity index (χ0) is 16.9. The van der Waals surface area contributed by atoms with Gasteiger partial charge in [0, 0.05) is 29.4 Å². The third kappa shape index (κ3) is 3.51. The van der Waals surface area contributed by atoms with E-state index >= 15 is 0 Å². The second-order valence-electron chi connectivity index (χ2n) is 5.24. The van der Waals surface area contributed by atoms with Crippen molar-refractivity contribution < 1.29 is 14.3 Å². The fourth-order valence-electron chi connectivity index (χ4n) is 2.42. The molecular formula is C17H17N3O3S. The Morgan fingerprint density at radius 3 is 2.58 bits per heavy atom. The van der Waals surface area contributed by atoms with Crippen LogP contribution >= 0.6 is 11.8 Å². The molecule has 2 heterocycles. The Kier molecular flexibility index (Phi) is 5.00. The number of aromatic nitrogens is 1. The van der Waals surface area contributed by atoms with Gasteiger partial charge in [0.25, 0.3) is 5.91 Å². The zero-order valence-corrected chi connectivity index (χ0v) is 14.0. The molecule has 1 atom stereocenters. The van der Waals surface area contributed by atoms with Gasteiger partial charge < -0.3 is 15.0 Å². The van der Waals surface area contributed by atoms with E-state index in [1.165, 1.54) is 0 Å². The maximum Gasteiger partial charge on any atom is 0.255 e. The molecule has 2 aromatic rings. The minimum atomic E-state index is -0.488. The average Bonchev–Trinajstić information content (AvgIpc) is 3.12. The SMILES string of the molecule is COc1ccc(NC(=O)[C@@H]2CSCN2C(=O)c2ccncc2)cc1. The summed E-state index contributed by atoms with van der Waals surface area (Å²) in [6.45, 7) is 0. The summed E-state index contributed by atoms with van der Waals surface area (Å²) >= 11 is 1.57. The van der Waals surface area contributed by atoms with E-state index in [1.54, 1.807) is 72.6 Å². The van der Waals surface area contributed by atoms with Gasteiger partial charge in [-0.1, -0.05) is 0 Å². The van der Waals surface area contributed by atoms with Crippen LogP contribution in [0.4, 0.5) is 5.69 Å². The molecular weight excluding hydrogens is 326 g/mol. The van der Waals surface area contributed by atoms with Gasteiger partial charge in [-0.3, -0.25) is 14.6 Å². The molecule has 6 nitrogen and oxygen atoms in total. The topological polar surface area (TPSA) is 71.5 Å². The summed E-state index contributed by atoms with van der Waals surface area (Å²) in [5, 5.41) is 2.86. The highest BCUT2D eigenvalue weighted by Crippen LogP contribution is 2.24. The number of carbonyl (C=O) groups is 2. The van der Waals surface area contributed by atoms with Crippen LogP contribution in [0.5, 0.6) is 5.75 Å². The summed E-state index contributed by atoms with van der Waals surface area (Å²) in [6.07, 6.45) is 3.14. The van der Waals surface area contributed by atoms with Gasteiger partial charge in [0.15, 0.2) is 0 Å². The molecule has 3 rings (SSSR count). The molecule has 124 valence electrons. The first-order chi connectivity index (χ1) is 11.7. The lowest BCUT2D eigenvalue weighted by Crippen LogP contribution is -2.44. The van der Waals surface area contributed by atoms with Crippen LogP contribution in [-0.4, -0.2) is 46.5 Å². The molecule has 1 aromatic heterocycles. The average molecular weight is 343 g/mol. The van der Waals surface area contributed by atoms with Crippen LogP contribution in [0.1, 0.15) is 10.4 Å². The number of amides is 2. The van der Waals surface area contributed by atoms with Crippen molar-refractivity contribution in [2.24, 2.45) is 0 Å². The van der Waals surface area contributed by atoms with Gasteiger partial charge in [0.05, 0.1) is 13.0 Å². The van der Waals surface area contributed by atoms with Crippen LogP contribution < -0.4 is 10.1 Å². The van der Waals surface area contributed by atoms with Gasteiger partial charge in [-0.2, -0.15) is 0 Å². The number of hydrogen-bond donors (Lipinski definition) is 1. The molecule has 1 fully saturated rings. The number of nitrogens with one attached hydrogen (secondary N) is 1. The fourth-order valence-corrected chi connectivity index (χ4v) is 3.57. The van der Waals surface area contributed by atoms with Crippen molar-refractivity contribution in [3.63, 3.8) is 0 Å². The second kappa shape index (κ2) is 7.35. The molecule has 0 radical (unpaired) electrons. The Hall–Kier alpha value is -2.54. The van der Waals surface area contributed by atoms with E-state index in [9.17, 15) is 9.59 Å².